The first-order valence-corrected chi connectivity index (χ1v) is 16.8. The third-order valence-electron chi connectivity index (χ3n) is 8.96. The van der Waals surface area contributed by atoms with Crippen molar-refractivity contribution in [2.75, 3.05) is 65.4 Å². The maximum atomic E-state index is 12.8. The Labute approximate surface area is 287 Å². The number of likely N-dealkylation sites (tertiary alicyclic amines) is 1. The van der Waals surface area contributed by atoms with E-state index in [2.05, 4.69) is 16.0 Å². The maximum Gasteiger partial charge on any atom is 0.240 e. The van der Waals surface area contributed by atoms with E-state index in [9.17, 15) is 43.2 Å². The number of carbonyl (C=O) groups is 9. The molecule has 4 unspecified atom stereocenters. The first kappa shape index (κ1) is 38.8. The van der Waals surface area contributed by atoms with Crippen molar-refractivity contribution in [2.24, 2.45) is 29.4 Å². The SMILES string of the molecule is BCC(=O)N(CCNC(=O)CN(CCNC(=O)CN(CCNC(=O)CN1C(=O)C2C3C=CC(C3)C2C1=O)C(=O)CB)C(=O)CB)CC(N)=O. The van der Waals surface area contributed by atoms with Crippen molar-refractivity contribution in [1.82, 2.24) is 35.6 Å². The van der Waals surface area contributed by atoms with Gasteiger partial charge in [-0.2, -0.15) is 0 Å². The summed E-state index contributed by atoms with van der Waals surface area (Å²) in [6.07, 6.45) is 5.13. The Hall–Kier alpha value is -4.64. The van der Waals surface area contributed by atoms with Crippen LogP contribution in [0.4, 0.5) is 0 Å². The lowest BCUT2D eigenvalue weighted by atomic mass is 9.85. The van der Waals surface area contributed by atoms with Crippen LogP contribution in [0, 0.1) is 23.7 Å². The average molecular weight is 682 g/mol. The van der Waals surface area contributed by atoms with Crippen LogP contribution in [0.15, 0.2) is 12.2 Å². The molecular formula is C29H45B3N8O9. The Morgan fingerprint density at radius 1 is 0.653 bits per heavy atom. The standard InChI is InChI=1S/C29H45B3N8O9/c30-10-23(45)37(13-19(33)41)6-3-34-20(42)14-38(24(46)11-31)7-4-35-21(43)15-39(25(47)12-32)8-5-36-22(44)16-40-28(48)26-17-1-2-18(9-17)27(26)29(40)49/h1-2,17-18,26-27H,3-16,30-32H2,(H2,33,41)(H,34,42)(H,35,43)(H,36,44). The van der Waals surface area contributed by atoms with E-state index in [1.54, 1.807) is 23.5 Å². The minimum atomic E-state index is -0.680. The van der Waals surface area contributed by atoms with Gasteiger partial charge in [0.15, 0.2) is 0 Å². The van der Waals surface area contributed by atoms with Gasteiger partial charge in [0, 0.05) is 39.3 Å². The number of rotatable bonds is 20. The molecule has 0 aromatic heterocycles. The van der Waals surface area contributed by atoms with Gasteiger partial charge in [-0.15, -0.1) is 0 Å². The molecule has 1 heterocycles. The molecule has 17 nitrogen and oxygen atoms in total. The quantitative estimate of drug-likeness (QED) is 0.0543. The largest absolute Gasteiger partial charge is 0.368 e. The van der Waals surface area contributed by atoms with Crippen molar-refractivity contribution < 1.29 is 43.2 Å². The zero-order valence-corrected chi connectivity index (χ0v) is 28.4. The van der Waals surface area contributed by atoms with Crippen LogP contribution in [0.25, 0.3) is 0 Å². The van der Waals surface area contributed by atoms with Crippen LogP contribution in [0.3, 0.4) is 0 Å². The average Bonchev–Trinajstić information content (AvgIpc) is 3.76. The van der Waals surface area contributed by atoms with Crippen LogP contribution >= 0.6 is 0 Å². The molecule has 0 radical (unpaired) electrons. The van der Waals surface area contributed by atoms with Gasteiger partial charge in [-0.25, -0.2) is 0 Å². The topological polar surface area (TPSA) is 229 Å². The van der Waals surface area contributed by atoms with E-state index in [1.165, 1.54) is 14.7 Å². The summed E-state index contributed by atoms with van der Waals surface area (Å²) in [5.74, 6) is -4.56. The lowest BCUT2D eigenvalue weighted by molar-refractivity contribution is -0.144. The summed E-state index contributed by atoms with van der Waals surface area (Å²) in [6.45, 7) is -1.17. The first-order chi connectivity index (χ1) is 23.3. The molecular weight excluding hydrogens is 637 g/mol. The summed E-state index contributed by atoms with van der Waals surface area (Å²) in [4.78, 5) is 116. The van der Waals surface area contributed by atoms with Gasteiger partial charge in [-0.1, -0.05) is 12.2 Å². The number of amides is 9. The van der Waals surface area contributed by atoms with Gasteiger partial charge in [0.25, 0.3) is 0 Å². The number of imide groups is 1. The van der Waals surface area contributed by atoms with Crippen LogP contribution in [-0.4, -0.2) is 162 Å². The summed E-state index contributed by atoms with van der Waals surface area (Å²) in [6, 6.07) is 0. The van der Waals surface area contributed by atoms with Crippen molar-refractivity contribution in [2.45, 2.75) is 25.4 Å². The van der Waals surface area contributed by atoms with Crippen LogP contribution in [-0.2, 0) is 43.2 Å². The number of nitrogens with one attached hydrogen (secondary N) is 3. The van der Waals surface area contributed by atoms with E-state index < -0.39 is 42.0 Å². The minimum absolute atomic E-state index is 0.00273. The Kier molecular flexibility index (Phi) is 14.4. The van der Waals surface area contributed by atoms with E-state index in [1.807, 2.05) is 12.2 Å². The highest BCUT2D eigenvalue weighted by molar-refractivity contribution is 6.20. The third kappa shape index (κ3) is 10.4. The molecule has 1 saturated carbocycles. The Morgan fingerprint density at radius 2 is 1.02 bits per heavy atom. The number of allylic oxidation sites excluding steroid dienone is 2. The van der Waals surface area contributed by atoms with E-state index in [4.69, 9.17) is 5.73 Å². The molecule has 1 aliphatic heterocycles. The molecule has 2 bridgehead atoms. The molecule has 2 fully saturated rings. The molecule has 1 saturated heterocycles. The van der Waals surface area contributed by atoms with Crippen molar-refractivity contribution in [3.63, 3.8) is 0 Å². The number of carbonyl (C=O) groups excluding carboxylic acids is 9. The highest BCUT2D eigenvalue weighted by atomic mass is 16.2. The molecule has 5 N–H and O–H groups in total. The van der Waals surface area contributed by atoms with E-state index in [0.29, 0.717) is 0 Å². The van der Waals surface area contributed by atoms with Crippen molar-refractivity contribution in [1.29, 1.82) is 0 Å². The second kappa shape index (κ2) is 18.2. The second-order valence-electron chi connectivity index (χ2n) is 12.3. The van der Waals surface area contributed by atoms with E-state index in [-0.39, 0.29) is 119 Å². The number of nitrogens with two attached hydrogens (primary N) is 1. The summed E-state index contributed by atoms with van der Waals surface area (Å²) in [7, 11) is 4.90. The summed E-state index contributed by atoms with van der Waals surface area (Å²) in [5, 5.41) is 7.87. The van der Waals surface area contributed by atoms with E-state index >= 15 is 0 Å². The van der Waals surface area contributed by atoms with Gasteiger partial charge in [-0.3, -0.25) is 48.1 Å². The fourth-order valence-corrected chi connectivity index (χ4v) is 6.50. The molecule has 49 heavy (non-hydrogen) atoms. The fourth-order valence-electron chi connectivity index (χ4n) is 6.50. The fraction of sp³-hybridized carbons (Fsp3) is 0.621. The zero-order valence-electron chi connectivity index (χ0n) is 28.4. The highest BCUT2D eigenvalue weighted by Gasteiger charge is 2.59. The van der Waals surface area contributed by atoms with Gasteiger partial charge in [0.2, 0.25) is 53.2 Å². The molecule has 20 heteroatoms. The molecule has 3 rings (SSSR count). The van der Waals surface area contributed by atoms with Crippen LogP contribution in [0.5, 0.6) is 0 Å². The van der Waals surface area contributed by atoms with Crippen molar-refractivity contribution >= 4 is 76.7 Å². The molecule has 264 valence electrons. The second-order valence-corrected chi connectivity index (χ2v) is 12.3. The van der Waals surface area contributed by atoms with Gasteiger partial charge in [0.1, 0.15) is 30.1 Å². The highest BCUT2D eigenvalue weighted by Crippen LogP contribution is 2.52. The summed E-state index contributed by atoms with van der Waals surface area (Å²) < 4.78 is 0. The Balaban J connectivity index is 1.40. The number of fused-ring (bicyclic) bond motifs is 5. The summed E-state index contributed by atoms with van der Waals surface area (Å²) in [5.41, 5.74) is 5.18. The van der Waals surface area contributed by atoms with Crippen LogP contribution in [0.2, 0.25) is 19.0 Å². The number of primary amides is 1. The molecule has 0 spiro atoms. The van der Waals surface area contributed by atoms with Gasteiger partial charge >= 0.3 is 0 Å². The number of hydrogen-bond acceptors (Lipinski definition) is 9. The Morgan fingerprint density at radius 3 is 1.39 bits per heavy atom. The predicted octanol–water partition coefficient (Wildman–Crippen LogP) is -6.73. The van der Waals surface area contributed by atoms with Crippen molar-refractivity contribution in [3.8, 4) is 0 Å². The van der Waals surface area contributed by atoms with Gasteiger partial charge in [-0.05, 0) is 37.2 Å². The zero-order chi connectivity index (χ0) is 36.2. The van der Waals surface area contributed by atoms with Gasteiger partial charge < -0.3 is 36.4 Å². The monoisotopic (exact) mass is 682 g/mol. The molecule has 3 aliphatic rings. The Bertz CT molecular complexity index is 1340. The lowest BCUT2D eigenvalue weighted by Gasteiger charge is -2.24. The summed E-state index contributed by atoms with van der Waals surface area (Å²) >= 11 is 0. The normalized spacial score (nSPS) is 20.0. The first-order valence-electron chi connectivity index (χ1n) is 16.8. The molecule has 0 aromatic carbocycles. The minimum Gasteiger partial charge on any atom is -0.368 e. The number of nitrogens with zero attached hydrogens (tertiary/aromatic N) is 4. The molecule has 2 aliphatic carbocycles. The molecule has 4 atom stereocenters. The van der Waals surface area contributed by atoms with Crippen LogP contribution in [0.1, 0.15) is 6.42 Å². The van der Waals surface area contributed by atoms with E-state index in [0.717, 1.165) is 11.3 Å². The smallest absolute Gasteiger partial charge is 0.240 e. The third-order valence-corrected chi connectivity index (χ3v) is 8.96. The van der Waals surface area contributed by atoms with Crippen molar-refractivity contribution in [3.05, 3.63) is 12.2 Å². The maximum absolute atomic E-state index is 12.8. The number of hydrogen-bond donors (Lipinski definition) is 4. The van der Waals surface area contributed by atoms with Crippen LogP contribution < -0.4 is 21.7 Å². The molecule has 9 amide bonds. The van der Waals surface area contributed by atoms with Gasteiger partial charge in [0.05, 0.1) is 31.5 Å². The lowest BCUT2D eigenvalue weighted by Crippen LogP contribution is -2.48. The predicted molar refractivity (Wildman–Crippen MR) is 182 cm³/mol. The molecule has 0 aromatic rings.